The van der Waals surface area contributed by atoms with Crippen LogP contribution in [-0.2, 0) is 19.0 Å². The summed E-state index contributed by atoms with van der Waals surface area (Å²) in [6.07, 6.45) is 0.479. The van der Waals surface area contributed by atoms with Gasteiger partial charge in [0.05, 0.1) is 13.7 Å². The van der Waals surface area contributed by atoms with Crippen LogP contribution in [0.1, 0.15) is 6.42 Å². The van der Waals surface area contributed by atoms with Crippen LogP contribution in [0.2, 0.25) is 0 Å². The minimum atomic E-state index is -0.682. The van der Waals surface area contributed by atoms with Gasteiger partial charge >= 0.3 is 5.97 Å². The molecule has 13 heavy (non-hydrogen) atoms. The Balaban J connectivity index is 2.56. The molecule has 0 aromatic rings. The quantitative estimate of drug-likeness (QED) is 0.479. The van der Waals surface area contributed by atoms with E-state index in [2.05, 4.69) is 10.1 Å². The number of carbonyl (C=O) groups is 1. The fraction of sp³-hybridized carbons (Fsp3) is 0.875. The summed E-state index contributed by atoms with van der Waals surface area (Å²) in [7, 11) is 4.49. The number of hydrogen-bond donors (Lipinski definition) is 1. The van der Waals surface area contributed by atoms with Crippen molar-refractivity contribution in [3.8, 4) is 0 Å². The largest absolute Gasteiger partial charge is 0.468 e. The first-order valence-electron chi connectivity index (χ1n) is 4.09. The van der Waals surface area contributed by atoms with E-state index in [-0.39, 0.29) is 12.0 Å². The highest BCUT2D eigenvalue weighted by Gasteiger charge is 2.42. The maximum absolute atomic E-state index is 11.1. The Kier molecular flexibility index (Phi) is 3.24. The summed E-state index contributed by atoms with van der Waals surface area (Å²) in [5.74, 6) is -0.963. The average Bonchev–Trinajstić information content (AvgIpc) is 2.61. The lowest BCUT2D eigenvalue weighted by Gasteiger charge is -2.24. The molecule has 0 aromatic carbocycles. The van der Waals surface area contributed by atoms with Gasteiger partial charge in [-0.3, -0.25) is 10.1 Å². The van der Waals surface area contributed by atoms with Crippen LogP contribution in [0.4, 0.5) is 0 Å². The van der Waals surface area contributed by atoms with E-state index in [1.807, 2.05) is 0 Å². The summed E-state index contributed by atoms with van der Waals surface area (Å²) in [6, 6.07) is -0.329. The van der Waals surface area contributed by atoms with Crippen molar-refractivity contribution in [1.82, 2.24) is 5.32 Å². The van der Waals surface area contributed by atoms with Gasteiger partial charge in [0, 0.05) is 20.6 Å². The predicted molar refractivity (Wildman–Crippen MR) is 45.2 cm³/mol. The van der Waals surface area contributed by atoms with Gasteiger partial charge in [0.25, 0.3) is 0 Å². The van der Waals surface area contributed by atoms with E-state index in [4.69, 9.17) is 9.47 Å². The van der Waals surface area contributed by atoms with Gasteiger partial charge in [-0.1, -0.05) is 0 Å². The summed E-state index contributed by atoms with van der Waals surface area (Å²) in [6.45, 7) is 0.500. The highest BCUT2D eigenvalue weighted by Crippen LogP contribution is 2.23. The highest BCUT2D eigenvalue weighted by atomic mass is 16.7. The molecule has 1 fully saturated rings. The SMILES string of the molecule is COC(=O)C1CC(OC)(OC)CN1. The Morgan fingerprint density at radius 2 is 2.00 bits per heavy atom. The lowest BCUT2D eigenvalue weighted by Crippen LogP contribution is -2.35. The molecule has 0 spiro atoms. The number of ether oxygens (including phenoxy) is 3. The molecule has 1 unspecified atom stereocenters. The average molecular weight is 189 g/mol. The fourth-order valence-electron chi connectivity index (χ4n) is 1.44. The standard InChI is InChI=1S/C8H15NO4/c1-11-7(10)6-4-8(12-2,13-3)5-9-6/h6,9H,4-5H2,1-3H3. The minimum absolute atomic E-state index is 0.282. The summed E-state index contributed by atoms with van der Waals surface area (Å²) in [5, 5.41) is 2.98. The van der Waals surface area contributed by atoms with Gasteiger partial charge < -0.3 is 14.2 Å². The third-order valence-electron chi connectivity index (χ3n) is 2.36. The summed E-state index contributed by atoms with van der Waals surface area (Å²) in [4.78, 5) is 11.1. The fourth-order valence-corrected chi connectivity index (χ4v) is 1.44. The topological polar surface area (TPSA) is 56.8 Å². The molecule has 0 aliphatic carbocycles. The second-order valence-electron chi connectivity index (χ2n) is 2.98. The van der Waals surface area contributed by atoms with Gasteiger partial charge in [0.15, 0.2) is 5.79 Å². The van der Waals surface area contributed by atoms with Crippen molar-refractivity contribution in [2.75, 3.05) is 27.9 Å². The van der Waals surface area contributed by atoms with Crippen LogP contribution >= 0.6 is 0 Å². The van der Waals surface area contributed by atoms with Crippen molar-refractivity contribution in [2.24, 2.45) is 0 Å². The van der Waals surface area contributed by atoms with Gasteiger partial charge in [-0.05, 0) is 0 Å². The molecule has 1 aliphatic heterocycles. The first-order valence-corrected chi connectivity index (χ1v) is 4.09. The monoisotopic (exact) mass is 189 g/mol. The molecule has 0 amide bonds. The summed E-state index contributed by atoms with van der Waals surface area (Å²) < 4.78 is 15.0. The van der Waals surface area contributed by atoms with Gasteiger partial charge in [-0.2, -0.15) is 0 Å². The molecule has 76 valence electrons. The minimum Gasteiger partial charge on any atom is -0.468 e. The molecular weight excluding hydrogens is 174 g/mol. The van der Waals surface area contributed by atoms with Gasteiger partial charge in [0.1, 0.15) is 6.04 Å². The van der Waals surface area contributed by atoms with Crippen LogP contribution in [0, 0.1) is 0 Å². The summed E-state index contributed by atoms with van der Waals surface area (Å²) >= 11 is 0. The lowest BCUT2D eigenvalue weighted by molar-refractivity contribution is -0.193. The van der Waals surface area contributed by atoms with Gasteiger partial charge in [-0.15, -0.1) is 0 Å². The Morgan fingerprint density at radius 3 is 2.38 bits per heavy atom. The van der Waals surface area contributed by atoms with Crippen LogP contribution in [0.25, 0.3) is 0 Å². The maximum atomic E-state index is 11.1. The van der Waals surface area contributed by atoms with Gasteiger partial charge in [-0.25, -0.2) is 0 Å². The number of methoxy groups -OCH3 is 3. The molecule has 1 N–H and O–H groups in total. The Labute approximate surface area is 77.3 Å². The van der Waals surface area contributed by atoms with Crippen LogP contribution in [0.3, 0.4) is 0 Å². The van der Waals surface area contributed by atoms with E-state index < -0.39 is 5.79 Å². The van der Waals surface area contributed by atoms with Crippen molar-refractivity contribution in [3.05, 3.63) is 0 Å². The van der Waals surface area contributed by atoms with E-state index in [1.54, 1.807) is 14.2 Å². The van der Waals surface area contributed by atoms with Crippen molar-refractivity contribution in [3.63, 3.8) is 0 Å². The molecule has 5 nitrogen and oxygen atoms in total. The van der Waals surface area contributed by atoms with E-state index >= 15 is 0 Å². The van der Waals surface area contributed by atoms with Crippen molar-refractivity contribution in [2.45, 2.75) is 18.2 Å². The van der Waals surface area contributed by atoms with Gasteiger partial charge in [0.2, 0.25) is 0 Å². The molecule has 1 heterocycles. The predicted octanol–water partition coefficient (Wildman–Crippen LogP) is -0.490. The third-order valence-corrected chi connectivity index (χ3v) is 2.36. The lowest BCUT2D eigenvalue weighted by atomic mass is 10.1. The van der Waals surface area contributed by atoms with E-state index in [1.165, 1.54) is 7.11 Å². The molecule has 1 saturated heterocycles. The molecule has 0 saturated carbocycles. The van der Waals surface area contributed by atoms with Crippen LogP contribution < -0.4 is 5.32 Å². The third kappa shape index (κ3) is 1.99. The smallest absolute Gasteiger partial charge is 0.323 e. The number of esters is 1. The zero-order valence-corrected chi connectivity index (χ0v) is 8.12. The number of hydrogen-bond acceptors (Lipinski definition) is 5. The van der Waals surface area contributed by atoms with Crippen molar-refractivity contribution < 1.29 is 19.0 Å². The molecule has 0 aromatic heterocycles. The molecule has 1 rings (SSSR count). The molecule has 1 atom stereocenters. The second-order valence-corrected chi connectivity index (χ2v) is 2.98. The summed E-state index contributed by atoms with van der Waals surface area (Å²) in [5.41, 5.74) is 0. The number of carbonyl (C=O) groups excluding carboxylic acids is 1. The maximum Gasteiger partial charge on any atom is 0.323 e. The Hall–Kier alpha value is -0.650. The highest BCUT2D eigenvalue weighted by molar-refractivity contribution is 5.76. The number of rotatable bonds is 3. The van der Waals surface area contributed by atoms with E-state index in [9.17, 15) is 4.79 Å². The van der Waals surface area contributed by atoms with Crippen molar-refractivity contribution in [1.29, 1.82) is 0 Å². The molecule has 0 radical (unpaired) electrons. The second kappa shape index (κ2) is 4.04. The zero-order valence-electron chi connectivity index (χ0n) is 8.12. The first kappa shape index (κ1) is 10.4. The zero-order chi connectivity index (χ0) is 9.90. The first-order chi connectivity index (χ1) is 6.17. The molecular formula is C8H15NO4. The van der Waals surface area contributed by atoms with E-state index in [0.717, 1.165) is 0 Å². The van der Waals surface area contributed by atoms with Crippen LogP contribution in [-0.4, -0.2) is 45.7 Å². The Morgan fingerprint density at radius 1 is 1.38 bits per heavy atom. The van der Waals surface area contributed by atoms with Crippen molar-refractivity contribution >= 4 is 5.97 Å². The molecule has 1 aliphatic rings. The van der Waals surface area contributed by atoms with Crippen LogP contribution in [0.15, 0.2) is 0 Å². The molecule has 5 heteroatoms. The Bertz CT molecular complexity index is 191. The normalized spacial score (nSPS) is 25.9. The van der Waals surface area contributed by atoms with Crippen LogP contribution in [0.5, 0.6) is 0 Å². The number of nitrogens with one attached hydrogen (secondary N) is 1. The molecule has 0 bridgehead atoms. The van der Waals surface area contributed by atoms with E-state index in [0.29, 0.717) is 13.0 Å².